The van der Waals surface area contributed by atoms with Crippen molar-refractivity contribution in [1.29, 1.82) is 0 Å². The van der Waals surface area contributed by atoms with E-state index in [1.807, 2.05) is 31.2 Å². The lowest BCUT2D eigenvalue weighted by Gasteiger charge is -2.27. The van der Waals surface area contributed by atoms with Crippen LogP contribution in [0.3, 0.4) is 0 Å². The van der Waals surface area contributed by atoms with Gasteiger partial charge in [0.2, 0.25) is 0 Å². The van der Waals surface area contributed by atoms with Crippen molar-refractivity contribution in [3.8, 4) is 0 Å². The molecular weight excluding hydrogens is 240 g/mol. The zero-order valence-corrected chi connectivity index (χ0v) is 11.5. The largest absolute Gasteiger partial charge is 0.381 e. The minimum Gasteiger partial charge on any atom is -0.381 e. The Hall–Kier alpha value is -1.48. The van der Waals surface area contributed by atoms with E-state index in [0.717, 1.165) is 11.1 Å². The number of ether oxygens (including phenoxy) is 1. The average molecular weight is 260 g/mol. The van der Waals surface area contributed by atoms with Gasteiger partial charge in [0.25, 0.3) is 0 Å². The number of hydrogen-bond donors (Lipinski definition) is 0. The van der Waals surface area contributed by atoms with Crippen molar-refractivity contribution < 1.29 is 14.3 Å². The van der Waals surface area contributed by atoms with Gasteiger partial charge in [-0.05, 0) is 24.8 Å². The zero-order chi connectivity index (χ0) is 13.8. The number of carbonyl (C=O) groups is 2. The number of benzene rings is 1. The van der Waals surface area contributed by atoms with E-state index >= 15 is 0 Å². The van der Waals surface area contributed by atoms with Crippen LogP contribution in [0, 0.1) is 5.92 Å². The minimum atomic E-state index is -0.481. The van der Waals surface area contributed by atoms with Crippen molar-refractivity contribution in [3.63, 3.8) is 0 Å². The molecule has 1 aliphatic carbocycles. The summed E-state index contributed by atoms with van der Waals surface area (Å²) in [5.41, 5.74) is 1.79. The second-order valence-corrected chi connectivity index (χ2v) is 5.05. The molecule has 2 atom stereocenters. The fourth-order valence-electron chi connectivity index (χ4n) is 2.70. The van der Waals surface area contributed by atoms with Crippen molar-refractivity contribution >= 4 is 11.6 Å². The maximum Gasteiger partial charge on any atom is 0.173 e. The van der Waals surface area contributed by atoms with Gasteiger partial charge in [0.15, 0.2) is 5.78 Å². The van der Waals surface area contributed by atoms with Crippen LogP contribution in [-0.2, 0) is 9.53 Å². The molecule has 0 fully saturated rings. The maximum atomic E-state index is 12.4. The first-order valence-electron chi connectivity index (χ1n) is 6.88. The summed E-state index contributed by atoms with van der Waals surface area (Å²) in [4.78, 5) is 24.5. The summed E-state index contributed by atoms with van der Waals surface area (Å²) in [6.45, 7) is 4.99. The minimum absolute atomic E-state index is 0.0137. The molecule has 0 bridgehead atoms. The Balaban J connectivity index is 2.13. The Labute approximate surface area is 114 Å². The van der Waals surface area contributed by atoms with Crippen molar-refractivity contribution in [2.45, 2.75) is 32.6 Å². The molecule has 19 heavy (non-hydrogen) atoms. The highest BCUT2D eigenvalue weighted by Gasteiger charge is 2.35. The van der Waals surface area contributed by atoms with E-state index in [-0.39, 0.29) is 17.5 Å². The molecule has 3 heteroatoms. The average Bonchev–Trinajstić information content (AvgIpc) is 2.43. The molecular formula is C16H20O3. The third kappa shape index (κ3) is 2.92. The van der Waals surface area contributed by atoms with Crippen molar-refractivity contribution in [2.75, 3.05) is 13.2 Å². The number of rotatable bonds is 5. The first-order chi connectivity index (χ1) is 9.15. The van der Waals surface area contributed by atoms with Crippen LogP contribution in [0.5, 0.6) is 0 Å². The quantitative estimate of drug-likeness (QED) is 0.604. The highest BCUT2D eigenvalue weighted by molar-refractivity contribution is 6.12. The molecule has 0 N–H and O–H groups in total. The van der Waals surface area contributed by atoms with E-state index in [1.165, 1.54) is 0 Å². The molecule has 0 saturated carbocycles. The van der Waals surface area contributed by atoms with Gasteiger partial charge < -0.3 is 4.74 Å². The molecule has 3 nitrogen and oxygen atoms in total. The SMILES string of the molecule is CCOCCC(=O)C1CC(C)c2ccccc2C1=O. The number of Topliss-reactive ketones (excluding diaryl/α,β-unsaturated/α-hetero) is 2. The topological polar surface area (TPSA) is 43.4 Å². The summed E-state index contributed by atoms with van der Waals surface area (Å²) in [6.07, 6.45) is 0.958. The van der Waals surface area contributed by atoms with E-state index in [0.29, 0.717) is 26.1 Å². The lowest BCUT2D eigenvalue weighted by atomic mass is 9.75. The third-order valence-electron chi connectivity index (χ3n) is 3.75. The Bertz CT molecular complexity index is 479. The molecule has 0 amide bonds. The molecule has 0 aliphatic heterocycles. The lowest BCUT2D eigenvalue weighted by Crippen LogP contribution is -2.31. The van der Waals surface area contributed by atoms with Crippen LogP contribution in [0.1, 0.15) is 48.5 Å². The van der Waals surface area contributed by atoms with Crippen LogP contribution < -0.4 is 0 Å². The number of fused-ring (bicyclic) bond motifs is 1. The Kier molecular flexibility index (Phi) is 4.48. The van der Waals surface area contributed by atoms with Crippen molar-refractivity contribution in [1.82, 2.24) is 0 Å². The highest BCUT2D eigenvalue weighted by Crippen LogP contribution is 2.35. The van der Waals surface area contributed by atoms with Gasteiger partial charge in [0.1, 0.15) is 5.78 Å². The van der Waals surface area contributed by atoms with E-state index in [2.05, 4.69) is 6.92 Å². The Morgan fingerprint density at radius 1 is 1.37 bits per heavy atom. The molecule has 0 aromatic heterocycles. The summed E-state index contributed by atoms with van der Waals surface area (Å²) in [6, 6.07) is 7.62. The predicted octanol–water partition coefficient (Wildman–Crippen LogP) is 2.99. The second-order valence-electron chi connectivity index (χ2n) is 5.05. The first kappa shape index (κ1) is 13.9. The van der Waals surface area contributed by atoms with Crippen LogP contribution in [0.4, 0.5) is 0 Å². The molecule has 1 aliphatic rings. The molecule has 1 aromatic carbocycles. The lowest BCUT2D eigenvalue weighted by molar-refractivity contribution is -0.122. The van der Waals surface area contributed by atoms with E-state index in [9.17, 15) is 9.59 Å². The zero-order valence-electron chi connectivity index (χ0n) is 11.5. The Morgan fingerprint density at radius 3 is 2.84 bits per heavy atom. The predicted molar refractivity (Wildman–Crippen MR) is 73.4 cm³/mol. The number of carbonyl (C=O) groups excluding carboxylic acids is 2. The van der Waals surface area contributed by atoms with E-state index < -0.39 is 5.92 Å². The van der Waals surface area contributed by atoms with Crippen LogP contribution >= 0.6 is 0 Å². The van der Waals surface area contributed by atoms with Gasteiger partial charge in [-0.2, -0.15) is 0 Å². The molecule has 0 spiro atoms. The standard InChI is InChI=1S/C16H20O3/c1-3-19-9-8-15(17)14-10-11(2)12-6-4-5-7-13(12)16(14)18/h4-7,11,14H,3,8-10H2,1-2H3. The van der Waals surface area contributed by atoms with Crippen LogP contribution in [-0.4, -0.2) is 24.8 Å². The number of ketones is 2. The Morgan fingerprint density at radius 2 is 2.11 bits per heavy atom. The summed E-state index contributed by atoms with van der Waals surface area (Å²) in [7, 11) is 0. The number of hydrogen-bond acceptors (Lipinski definition) is 3. The fraction of sp³-hybridized carbons (Fsp3) is 0.500. The van der Waals surface area contributed by atoms with Gasteiger partial charge in [-0.1, -0.05) is 31.2 Å². The summed E-state index contributed by atoms with van der Waals surface area (Å²) in [5, 5.41) is 0. The van der Waals surface area contributed by atoms with Gasteiger partial charge >= 0.3 is 0 Å². The van der Waals surface area contributed by atoms with E-state index in [4.69, 9.17) is 4.74 Å². The summed E-state index contributed by atoms with van der Waals surface area (Å²) in [5.74, 6) is -0.227. The normalized spacial score (nSPS) is 22.1. The van der Waals surface area contributed by atoms with Gasteiger partial charge in [-0.15, -0.1) is 0 Å². The van der Waals surface area contributed by atoms with Gasteiger partial charge in [0.05, 0.1) is 12.5 Å². The fourth-order valence-corrected chi connectivity index (χ4v) is 2.70. The monoisotopic (exact) mass is 260 g/mol. The maximum absolute atomic E-state index is 12.4. The third-order valence-corrected chi connectivity index (χ3v) is 3.75. The van der Waals surface area contributed by atoms with E-state index in [1.54, 1.807) is 0 Å². The second kappa shape index (κ2) is 6.11. The van der Waals surface area contributed by atoms with Crippen LogP contribution in [0.2, 0.25) is 0 Å². The van der Waals surface area contributed by atoms with Crippen LogP contribution in [0.25, 0.3) is 0 Å². The van der Waals surface area contributed by atoms with Crippen LogP contribution in [0.15, 0.2) is 24.3 Å². The first-order valence-corrected chi connectivity index (χ1v) is 6.88. The molecule has 0 radical (unpaired) electrons. The molecule has 102 valence electrons. The summed E-state index contributed by atoms with van der Waals surface area (Å²) < 4.78 is 5.19. The highest BCUT2D eigenvalue weighted by atomic mass is 16.5. The molecule has 0 heterocycles. The molecule has 1 aromatic rings. The van der Waals surface area contributed by atoms with Gasteiger partial charge in [0, 0.05) is 18.6 Å². The van der Waals surface area contributed by atoms with Gasteiger partial charge in [-0.3, -0.25) is 9.59 Å². The smallest absolute Gasteiger partial charge is 0.173 e. The molecule has 2 rings (SSSR count). The molecule has 2 unspecified atom stereocenters. The van der Waals surface area contributed by atoms with Gasteiger partial charge in [-0.25, -0.2) is 0 Å². The van der Waals surface area contributed by atoms with Crippen molar-refractivity contribution in [3.05, 3.63) is 35.4 Å². The summed E-state index contributed by atoms with van der Waals surface area (Å²) >= 11 is 0. The van der Waals surface area contributed by atoms with Crippen molar-refractivity contribution in [2.24, 2.45) is 5.92 Å². The molecule has 0 saturated heterocycles.